The molecule has 7 heteroatoms. The highest BCUT2D eigenvalue weighted by atomic mass is 32.2. The molecule has 1 atom stereocenters. The number of carbonyl (C=O) groups excluding carboxylic acids is 2. The van der Waals surface area contributed by atoms with Gasteiger partial charge in [-0.1, -0.05) is 36.8 Å². The predicted molar refractivity (Wildman–Crippen MR) is 123 cm³/mol. The van der Waals surface area contributed by atoms with Gasteiger partial charge in [-0.3, -0.25) is 9.59 Å². The van der Waals surface area contributed by atoms with Gasteiger partial charge in [0.05, 0.1) is 4.90 Å². The molecule has 4 rings (SSSR count). The van der Waals surface area contributed by atoms with E-state index in [0.717, 1.165) is 24.8 Å². The molecule has 170 valence electrons. The zero-order valence-corrected chi connectivity index (χ0v) is 19.3. The van der Waals surface area contributed by atoms with E-state index in [-0.39, 0.29) is 28.5 Å². The molecule has 32 heavy (non-hydrogen) atoms. The molecule has 0 unspecified atom stereocenters. The Morgan fingerprint density at radius 2 is 1.47 bits per heavy atom. The minimum absolute atomic E-state index is 0.00468. The van der Waals surface area contributed by atoms with Crippen LogP contribution in [0.2, 0.25) is 0 Å². The third kappa shape index (κ3) is 4.64. The first-order valence-electron chi connectivity index (χ1n) is 11.4. The molecule has 2 aliphatic rings. The number of sulfonamides is 1. The molecule has 2 fully saturated rings. The van der Waals surface area contributed by atoms with Crippen LogP contribution in [0.4, 0.5) is 0 Å². The molecule has 0 aliphatic carbocycles. The summed E-state index contributed by atoms with van der Waals surface area (Å²) in [5.41, 5.74) is 1.19. The highest BCUT2D eigenvalue weighted by molar-refractivity contribution is 7.89. The lowest BCUT2D eigenvalue weighted by molar-refractivity contribution is 0.0650. The summed E-state index contributed by atoms with van der Waals surface area (Å²) in [6.45, 7) is 3.53. The van der Waals surface area contributed by atoms with Gasteiger partial charge in [-0.05, 0) is 56.9 Å². The van der Waals surface area contributed by atoms with Crippen LogP contribution in [-0.4, -0.2) is 55.0 Å². The molecule has 2 saturated heterocycles. The van der Waals surface area contributed by atoms with E-state index < -0.39 is 10.0 Å². The van der Waals surface area contributed by atoms with E-state index in [4.69, 9.17) is 0 Å². The van der Waals surface area contributed by atoms with E-state index in [9.17, 15) is 18.0 Å². The maximum atomic E-state index is 13.0. The Kier molecular flexibility index (Phi) is 6.76. The average molecular weight is 455 g/mol. The molecule has 6 nitrogen and oxygen atoms in total. The van der Waals surface area contributed by atoms with Crippen LogP contribution < -0.4 is 0 Å². The fourth-order valence-corrected chi connectivity index (χ4v) is 6.40. The second-order valence-corrected chi connectivity index (χ2v) is 10.7. The number of piperidine rings is 2. The zero-order chi connectivity index (χ0) is 22.7. The summed E-state index contributed by atoms with van der Waals surface area (Å²) in [5, 5.41) is 0. The Morgan fingerprint density at radius 3 is 2.09 bits per heavy atom. The second-order valence-electron chi connectivity index (χ2n) is 8.78. The molecule has 0 spiro atoms. The molecule has 0 N–H and O–H groups in total. The number of hydrogen-bond acceptors (Lipinski definition) is 4. The summed E-state index contributed by atoms with van der Waals surface area (Å²) in [6.07, 6.45) is 4.08. The number of hydrogen-bond donors (Lipinski definition) is 0. The smallest absolute Gasteiger partial charge is 0.253 e. The summed E-state index contributed by atoms with van der Waals surface area (Å²) in [4.78, 5) is 27.6. The van der Waals surface area contributed by atoms with Crippen LogP contribution in [0.15, 0.2) is 59.5 Å². The number of benzene rings is 2. The van der Waals surface area contributed by atoms with Gasteiger partial charge in [-0.15, -0.1) is 0 Å². The highest BCUT2D eigenvalue weighted by Crippen LogP contribution is 2.26. The number of amides is 1. The Hall–Kier alpha value is -2.51. The molecule has 2 heterocycles. The van der Waals surface area contributed by atoms with Crippen molar-refractivity contribution >= 4 is 21.7 Å². The van der Waals surface area contributed by atoms with E-state index in [2.05, 4.69) is 0 Å². The number of nitrogens with zero attached hydrogens (tertiary/aromatic N) is 2. The van der Waals surface area contributed by atoms with Crippen LogP contribution in [0.5, 0.6) is 0 Å². The van der Waals surface area contributed by atoms with E-state index in [1.54, 1.807) is 21.3 Å². The average Bonchev–Trinajstić information content (AvgIpc) is 2.84. The highest BCUT2D eigenvalue weighted by Gasteiger charge is 2.32. The van der Waals surface area contributed by atoms with Gasteiger partial charge < -0.3 is 4.90 Å². The largest absolute Gasteiger partial charge is 0.339 e. The first-order valence-corrected chi connectivity index (χ1v) is 12.8. The first kappa shape index (κ1) is 22.7. The van der Waals surface area contributed by atoms with Crippen molar-refractivity contribution in [2.45, 2.75) is 50.0 Å². The molecule has 2 aromatic rings. The molecular weight excluding hydrogens is 424 g/mol. The minimum atomic E-state index is -3.55. The maximum absolute atomic E-state index is 13.0. The van der Waals surface area contributed by atoms with Crippen LogP contribution in [0.1, 0.15) is 59.7 Å². The lowest BCUT2D eigenvalue weighted by Gasteiger charge is -2.32. The molecule has 0 aromatic heterocycles. The Bertz CT molecular complexity index is 1060. The van der Waals surface area contributed by atoms with Gasteiger partial charge in [0.25, 0.3) is 5.91 Å². The zero-order valence-electron chi connectivity index (χ0n) is 18.4. The van der Waals surface area contributed by atoms with Gasteiger partial charge in [0.2, 0.25) is 10.0 Å². The van der Waals surface area contributed by atoms with Crippen LogP contribution >= 0.6 is 0 Å². The quantitative estimate of drug-likeness (QED) is 0.641. The number of ketones is 1. The van der Waals surface area contributed by atoms with Crippen molar-refractivity contribution in [1.82, 2.24) is 9.21 Å². The molecule has 0 radical (unpaired) electrons. The standard InChI is InChI=1S/C25H30N2O4S/c1-19-7-5-6-16-27(19)32(30,31)23-12-10-22(11-13-23)25(29)26-17-14-21(15-18-26)24(28)20-8-3-2-4-9-20/h2-4,8-13,19,21H,5-7,14-18H2,1H3/t19-/m0/s1. The molecule has 0 saturated carbocycles. The van der Waals surface area contributed by atoms with Gasteiger partial charge in [0.1, 0.15) is 0 Å². The Morgan fingerprint density at radius 1 is 0.812 bits per heavy atom. The fourth-order valence-electron chi connectivity index (χ4n) is 4.70. The van der Waals surface area contributed by atoms with Crippen molar-refractivity contribution in [2.24, 2.45) is 5.92 Å². The molecule has 1 amide bonds. The van der Waals surface area contributed by atoms with Crippen LogP contribution in [-0.2, 0) is 10.0 Å². The minimum Gasteiger partial charge on any atom is -0.339 e. The van der Waals surface area contributed by atoms with Crippen molar-refractivity contribution in [3.63, 3.8) is 0 Å². The van der Waals surface area contributed by atoms with Crippen molar-refractivity contribution in [1.29, 1.82) is 0 Å². The molecule has 0 bridgehead atoms. The third-order valence-corrected chi connectivity index (χ3v) is 8.69. The van der Waals surface area contributed by atoms with Crippen molar-refractivity contribution < 1.29 is 18.0 Å². The van der Waals surface area contributed by atoms with Gasteiger partial charge in [-0.25, -0.2) is 8.42 Å². The van der Waals surface area contributed by atoms with Crippen molar-refractivity contribution in [2.75, 3.05) is 19.6 Å². The number of rotatable bonds is 5. The molecular formula is C25H30N2O4S. The predicted octanol–water partition coefficient (Wildman–Crippen LogP) is 3.98. The lowest BCUT2D eigenvalue weighted by Crippen LogP contribution is -2.42. The third-order valence-electron chi connectivity index (χ3n) is 6.66. The Balaban J connectivity index is 1.39. The van der Waals surface area contributed by atoms with Crippen LogP contribution in [0, 0.1) is 5.92 Å². The monoisotopic (exact) mass is 454 g/mol. The number of carbonyl (C=O) groups is 2. The van der Waals surface area contributed by atoms with Crippen LogP contribution in [0.3, 0.4) is 0 Å². The van der Waals surface area contributed by atoms with E-state index >= 15 is 0 Å². The number of likely N-dealkylation sites (tertiary alicyclic amines) is 1. The Labute approximate surface area is 190 Å². The van der Waals surface area contributed by atoms with E-state index in [1.807, 2.05) is 37.3 Å². The SMILES string of the molecule is C[C@H]1CCCCN1S(=O)(=O)c1ccc(C(=O)N2CCC(C(=O)c3ccccc3)CC2)cc1. The van der Waals surface area contributed by atoms with Crippen molar-refractivity contribution in [3.05, 3.63) is 65.7 Å². The molecule has 2 aliphatic heterocycles. The normalized spacial score (nSPS) is 20.8. The van der Waals surface area contributed by atoms with Gasteiger partial charge in [0, 0.05) is 42.7 Å². The summed E-state index contributed by atoms with van der Waals surface area (Å²) >= 11 is 0. The molecule has 2 aromatic carbocycles. The summed E-state index contributed by atoms with van der Waals surface area (Å²) in [7, 11) is -3.55. The van der Waals surface area contributed by atoms with Gasteiger partial charge in [-0.2, -0.15) is 4.31 Å². The maximum Gasteiger partial charge on any atom is 0.253 e. The van der Waals surface area contributed by atoms with Crippen LogP contribution in [0.25, 0.3) is 0 Å². The topological polar surface area (TPSA) is 74.8 Å². The number of Topliss-reactive ketones (excluding diaryl/α,β-unsaturated/α-hetero) is 1. The van der Waals surface area contributed by atoms with E-state index in [1.165, 1.54) is 12.1 Å². The summed E-state index contributed by atoms with van der Waals surface area (Å²) < 4.78 is 27.6. The first-order chi connectivity index (χ1) is 15.4. The summed E-state index contributed by atoms with van der Waals surface area (Å²) in [5.74, 6) is -0.0504. The van der Waals surface area contributed by atoms with Crippen molar-refractivity contribution in [3.8, 4) is 0 Å². The summed E-state index contributed by atoms with van der Waals surface area (Å²) in [6, 6.07) is 15.6. The van der Waals surface area contributed by atoms with Gasteiger partial charge >= 0.3 is 0 Å². The van der Waals surface area contributed by atoms with Gasteiger partial charge in [0.15, 0.2) is 5.78 Å². The fraction of sp³-hybridized carbons (Fsp3) is 0.440. The second kappa shape index (κ2) is 9.55. The van der Waals surface area contributed by atoms with E-state index in [0.29, 0.717) is 38.0 Å². The lowest BCUT2D eigenvalue weighted by atomic mass is 9.88.